The third-order valence-electron chi connectivity index (χ3n) is 2.47. The van der Waals surface area contributed by atoms with Crippen molar-refractivity contribution in [3.63, 3.8) is 0 Å². The van der Waals surface area contributed by atoms with Gasteiger partial charge in [-0.3, -0.25) is 9.59 Å². The topological polar surface area (TPSA) is 79.4 Å². The van der Waals surface area contributed by atoms with Crippen molar-refractivity contribution in [3.05, 3.63) is 40.2 Å². The van der Waals surface area contributed by atoms with Gasteiger partial charge in [-0.2, -0.15) is 0 Å². The van der Waals surface area contributed by atoms with E-state index < -0.39 is 30.1 Å². The number of ether oxygens (including phenoxy) is 1. The van der Waals surface area contributed by atoms with Crippen LogP contribution in [0.1, 0.15) is 5.56 Å². The van der Waals surface area contributed by atoms with Crippen molar-refractivity contribution in [1.82, 2.24) is 4.98 Å². The molecule has 1 heterocycles. The van der Waals surface area contributed by atoms with Gasteiger partial charge >= 0.3 is 12.3 Å². The summed E-state index contributed by atoms with van der Waals surface area (Å²) in [6.07, 6.45) is -5.29. The van der Waals surface area contributed by atoms with Gasteiger partial charge in [-0.1, -0.05) is 0 Å². The maximum absolute atomic E-state index is 12.1. The Morgan fingerprint density at radius 2 is 2.00 bits per heavy atom. The molecule has 0 radical (unpaired) electrons. The summed E-state index contributed by atoms with van der Waals surface area (Å²) in [5, 5.41) is 9.05. The fourth-order valence-corrected chi connectivity index (χ4v) is 1.72. The lowest BCUT2D eigenvalue weighted by atomic mass is 10.1. The Morgan fingerprint density at radius 3 is 2.60 bits per heavy atom. The molecule has 5 nitrogen and oxygen atoms in total. The van der Waals surface area contributed by atoms with Gasteiger partial charge in [0.05, 0.1) is 11.9 Å². The second-order valence-corrected chi connectivity index (χ2v) is 3.99. The van der Waals surface area contributed by atoms with Gasteiger partial charge in [0.25, 0.3) is 5.56 Å². The van der Waals surface area contributed by atoms with Gasteiger partial charge in [0.1, 0.15) is 5.75 Å². The molecule has 0 saturated heterocycles. The molecule has 106 valence electrons. The molecule has 20 heavy (non-hydrogen) atoms. The highest BCUT2D eigenvalue weighted by atomic mass is 19.4. The second-order valence-electron chi connectivity index (χ2n) is 3.99. The fourth-order valence-electron chi connectivity index (χ4n) is 1.72. The van der Waals surface area contributed by atoms with Gasteiger partial charge in [-0.05, 0) is 23.6 Å². The minimum Gasteiger partial charge on any atom is -0.481 e. The van der Waals surface area contributed by atoms with E-state index in [0.29, 0.717) is 5.39 Å². The van der Waals surface area contributed by atoms with Crippen molar-refractivity contribution in [3.8, 4) is 5.75 Å². The maximum Gasteiger partial charge on any atom is 0.573 e. The van der Waals surface area contributed by atoms with Crippen LogP contribution in [0.25, 0.3) is 10.9 Å². The Hall–Kier alpha value is -2.51. The first-order valence-electron chi connectivity index (χ1n) is 5.38. The van der Waals surface area contributed by atoms with Crippen molar-refractivity contribution < 1.29 is 27.8 Å². The summed E-state index contributed by atoms with van der Waals surface area (Å²) in [5.74, 6) is -1.64. The molecule has 0 bridgehead atoms. The van der Waals surface area contributed by atoms with Crippen molar-refractivity contribution in [2.24, 2.45) is 0 Å². The predicted molar refractivity (Wildman–Crippen MR) is 62.6 cm³/mol. The van der Waals surface area contributed by atoms with Crippen molar-refractivity contribution in [2.45, 2.75) is 12.8 Å². The monoisotopic (exact) mass is 287 g/mol. The van der Waals surface area contributed by atoms with Gasteiger partial charge in [0, 0.05) is 11.6 Å². The second kappa shape index (κ2) is 4.87. The Morgan fingerprint density at radius 1 is 1.30 bits per heavy atom. The summed E-state index contributed by atoms with van der Waals surface area (Å²) < 4.78 is 39.9. The Balaban J connectivity index is 2.45. The molecule has 0 spiro atoms. The number of fused-ring (bicyclic) bond motifs is 1. The van der Waals surface area contributed by atoms with Crippen LogP contribution in [0.3, 0.4) is 0 Å². The molecule has 0 aliphatic heterocycles. The first kappa shape index (κ1) is 13.9. The molecule has 0 atom stereocenters. The van der Waals surface area contributed by atoms with Crippen LogP contribution >= 0.6 is 0 Å². The summed E-state index contributed by atoms with van der Waals surface area (Å²) >= 11 is 0. The molecular weight excluding hydrogens is 279 g/mol. The minimum absolute atomic E-state index is 0.0227. The van der Waals surface area contributed by atoms with Crippen LogP contribution in [-0.4, -0.2) is 22.4 Å². The average Bonchev–Trinajstić information content (AvgIpc) is 2.27. The molecule has 2 rings (SSSR count). The standard InChI is InChI=1S/C12H8F3NO4/c13-12(14,15)20-8-2-1-6-3-7(4-10(17)18)11(19)16-9(6)5-8/h1-3,5H,4H2,(H,16,19)(H,17,18). The highest BCUT2D eigenvalue weighted by Crippen LogP contribution is 2.25. The summed E-state index contributed by atoms with van der Waals surface area (Å²) in [5.41, 5.74) is -0.510. The first-order chi connectivity index (χ1) is 9.24. The van der Waals surface area contributed by atoms with Gasteiger partial charge in [-0.25, -0.2) is 0 Å². The largest absolute Gasteiger partial charge is 0.573 e. The Kier molecular flexibility index (Phi) is 3.39. The van der Waals surface area contributed by atoms with Crippen molar-refractivity contribution >= 4 is 16.9 Å². The zero-order valence-electron chi connectivity index (χ0n) is 9.82. The zero-order chi connectivity index (χ0) is 14.9. The quantitative estimate of drug-likeness (QED) is 0.905. The molecule has 0 saturated carbocycles. The van der Waals surface area contributed by atoms with E-state index in [4.69, 9.17) is 5.11 Å². The molecule has 0 aliphatic carbocycles. The van der Waals surface area contributed by atoms with Crippen LogP contribution in [0.4, 0.5) is 13.2 Å². The smallest absolute Gasteiger partial charge is 0.481 e. The number of halogens is 3. The van der Waals surface area contributed by atoms with Gasteiger partial charge < -0.3 is 14.8 Å². The van der Waals surface area contributed by atoms with E-state index in [2.05, 4.69) is 9.72 Å². The molecule has 2 aromatic rings. The molecule has 8 heteroatoms. The summed E-state index contributed by atoms with van der Waals surface area (Å²) in [4.78, 5) is 24.5. The molecule has 0 fully saturated rings. The normalized spacial score (nSPS) is 11.6. The SMILES string of the molecule is O=C(O)Cc1cc2ccc(OC(F)(F)F)cc2[nH]c1=O. The molecule has 0 unspecified atom stereocenters. The number of hydrogen-bond donors (Lipinski definition) is 2. The number of nitrogens with one attached hydrogen (secondary N) is 1. The third-order valence-corrected chi connectivity index (χ3v) is 2.47. The molecule has 0 aliphatic rings. The van der Waals surface area contributed by atoms with E-state index in [0.717, 1.165) is 12.1 Å². The van der Waals surface area contributed by atoms with E-state index in [1.807, 2.05) is 0 Å². The number of carboxylic acids is 1. The summed E-state index contributed by atoms with van der Waals surface area (Å²) in [6.45, 7) is 0. The minimum atomic E-state index is -4.82. The zero-order valence-corrected chi connectivity index (χ0v) is 9.82. The lowest BCUT2D eigenvalue weighted by Crippen LogP contribution is -2.18. The number of carbonyl (C=O) groups is 1. The maximum atomic E-state index is 12.1. The molecule has 0 amide bonds. The molecular formula is C12H8F3NO4. The van der Waals surface area contributed by atoms with Crippen LogP contribution < -0.4 is 10.3 Å². The number of rotatable bonds is 3. The molecule has 2 N–H and O–H groups in total. The van der Waals surface area contributed by atoms with Crippen molar-refractivity contribution in [1.29, 1.82) is 0 Å². The van der Waals surface area contributed by atoms with Crippen LogP contribution in [0.5, 0.6) is 5.75 Å². The number of carboxylic acid groups (broad SMARTS) is 1. The number of alkyl halides is 3. The van der Waals surface area contributed by atoms with E-state index in [-0.39, 0.29) is 11.1 Å². The first-order valence-corrected chi connectivity index (χ1v) is 5.38. The number of aromatic amines is 1. The van der Waals surface area contributed by atoms with Crippen LogP contribution in [0, 0.1) is 0 Å². The lowest BCUT2D eigenvalue weighted by molar-refractivity contribution is -0.274. The highest BCUT2D eigenvalue weighted by molar-refractivity contribution is 5.81. The van der Waals surface area contributed by atoms with E-state index >= 15 is 0 Å². The summed E-state index contributed by atoms with van der Waals surface area (Å²) in [6, 6.07) is 4.73. The third kappa shape index (κ3) is 3.28. The number of aliphatic carboxylic acids is 1. The number of benzene rings is 1. The van der Waals surface area contributed by atoms with Crippen LogP contribution in [0.2, 0.25) is 0 Å². The molecule has 1 aromatic carbocycles. The van der Waals surface area contributed by atoms with Crippen LogP contribution in [-0.2, 0) is 11.2 Å². The molecule has 1 aromatic heterocycles. The van der Waals surface area contributed by atoms with Crippen LogP contribution in [0.15, 0.2) is 29.1 Å². The van der Waals surface area contributed by atoms with Gasteiger partial charge in [0.15, 0.2) is 0 Å². The predicted octanol–water partition coefficient (Wildman–Crippen LogP) is 2.05. The number of aromatic nitrogens is 1. The lowest BCUT2D eigenvalue weighted by Gasteiger charge is -2.09. The van der Waals surface area contributed by atoms with E-state index in [1.54, 1.807) is 0 Å². The van der Waals surface area contributed by atoms with Gasteiger partial charge in [-0.15, -0.1) is 13.2 Å². The van der Waals surface area contributed by atoms with E-state index in [1.165, 1.54) is 12.1 Å². The number of pyridine rings is 1. The van der Waals surface area contributed by atoms with E-state index in [9.17, 15) is 22.8 Å². The number of hydrogen-bond acceptors (Lipinski definition) is 3. The van der Waals surface area contributed by atoms with Crippen molar-refractivity contribution in [2.75, 3.05) is 0 Å². The average molecular weight is 287 g/mol. The number of H-pyrrole nitrogens is 1. The fraction of sp³-hybridized carbons (Fsp3) is 0.167. The Bertz CT molecular complexity index is 721. The highest BCUT2D eigenvalue weighted by Gasteiger charge is 2.31. The Labute approximate surface area is 109 Å². The van der Waals surface area contributed by atoms with Gasteiger partial charge in [0.2, 0.25) is 0 Å². The summed E-state index contributed by atoms with van der Waals surface area (Å²) in [7, 11) is 0.